The quantitative estimate of drug-likeness (QED) is 0.133. The fraction of sp³-hybridized carbons (Fsp3) is 0. The molecule has 152 valence electrons. The van der Waals surface area contributed by atoms with Crippen LogP contribution in [-0.2, 0) is 0 Å². The van der Waals surface area contributed by atoms with Gasteiger partial charge >= 0.3 is 0 Å². The van der Waals surface area contributed by atoms with Crippen molar-refractivity contribution in [2.24, 2.45) is 0 Å². The molecule has 0 radical (unpaired) electrons. The number of hydrogen-bond acceptors (Lipinski definition) is 9. The lowest BCUT2D eigenvalue weighted by atomic mass is 10.0. The molecule has 0 aliphatic heterocycles. The number of aromatic nitrogens is 2. The van der Waals surface area contributed by atoms with Crippen LogP contribution >= 0.6 is 11.8 Å². The van der Waals surface area contributed by atoms with Gasteiger partial charge in [-0.3, -0.25) is 25.0 Å². The number of nitro benzene ring substituents is 2. The molecule has 3 aromatic rings. The highest BCUT2D eigenvalue weighted by Gasteiger charge is 2.19. The van der Waals surface area contributed by atoms with Crippen LogP contribution in [0, 0.1) is 31.6 Å². The number of nitrogens with zero attached hydrogens (tertiary/aromatic N) is 5. The summed E-state index contributed by atoms with van der Waals surface area (Å²) in [4.78, 5) is 42.1. The molecule has 0 saturated carbocycles. The minimum atomic E-state index is -0.731. The molecule has 2 aromatic carbocycles. The third kappa shape index (κ3) is 5.14. The Kier molecular flexibility index (Phi) is 6.44. The van der Waals surface area contributed by atoms with Gasteiger partial charge in [0.1, 0.15) is 11.6 Å². The van der Waals surface area contributed by atoms with E-state index in [0.29, 0.717) is 5.16 Å². The molecule has 0 unspecified atom stereocenters. The molecule has 0 fully saturated rings. The molecule has 0 bridgehead atoms. The van der Waals surface area contributed by atoms with Crippen LogP contribution in [0.15, 0.2) is 76.5 Å². The molecule has 0 saturated heterocycles. The Balaban J connectivity index is 1.95. The maximum absolute atomic E-state index is 12.6. The third-order valence-electron chi connectivity index (χ3n) is 3.92. The van der Waals surface area contributed by atoms with Crippen molar-refractivity contribution in [3.8, 4) is 6.07 Å². The average Bonchev–Trinajstić information content (AvgIpc) is 2.78. The number of carbonyl (C=O) groups is 1. The first kappa shape index (κ1) is 21.3. The van der Waals surface area contributed by atoms with Gasteiger partial charge in [-0.2, -0.15) is 5.26 Å². The minimum absolute atomic E-state index is 0.0371. The topological polar surface area (TPSA) is 153 Å². The summed E-state index contributed by atoms with van der Waals surface area (Å²) in [7, 11) is 0. The second-order valence-corrected chi connectivity index (χ2v) is 6.93. The normalized spacial score (nSPS) is 10.9. The summed E-state index contributed by atoms with van der Waals surface area (Å²) >= 11 is 1.00. The van der Waals surface area contributed by atoms with E-state index in [-0.39, 0.29) is 33.0 Å². The summed E-state index contributed by atoms with van der Waals surface area (Å²) in [5.41, 5.74) is -0.638. The number of nitriles is 1. The van der Waals surface area contributed by atoms with Gasteiger partial charge in [0.2, 0.25) is 5.78 Å². The number of nitro groups is 2. The number of Topliss-reactive ketones (excluding diaryl/α,β-unsaturated/α-hetero) is 1. The molecular weight excluding hydrogens is 422 g/mol. The van der Waals surface area contributed by atoms with Crippen LogP contribution in [0.1, 0.15) is 15.9 Å². The van der Waals surface area contributed by atoms with Gasteiger partial charge in [0.05, 0.1) is 14.7 Å². The van der Waals surface area contributed by atoms with Crippen molar-refractivity contribution >= 4 is 35.0 Å². The molecule has 0 aliphatic carbocycles. The first-order chi connectivity index (χ1) is 14.9. The highest BCUT2D eigenvalue weighted by Crippen LogP contribution is 2.34. The molecule has 11 heteroatoms. The molecule has 3 rings (SSSR count). The Hall–Kier alpha value is -4.43. The molecule has 10 nitrogen and oxygen atoms in total. The molecule has 1 aromatic heterocycles. The fourth-order valence-corrected chi connectivity index (χ4v) is 3.32. The molecule has 0 atom stereocenters. The van der Waals surface area contributed by atoms with Crippen molar-refractivity contribution in [3.05, 3.63) is 97.9 Å². The second kappa shape index (κ2) is 9.38. The zero-order chi connectivity index (χ0) is 22.4. The van der Waals surface area contributed by atoms with Crippen molar-refractivity contribution in [3.63, 3.8) is 0 Å². The van der Waals surface area contributed by atoms with Crippen molar-refractivity contribution in [1.29, 1.82) is 5.26 Å². The van der Waals surface area contributed by atoms with E-state index >= 15 is 0 Å². The van der Waals surface area contributed by atoms with Gasteiger partial charge in [0.25, 0.3) is 11.4 Å². The van der Waals surface area contributed by atoms with Crippen LogP contribution in [0.25, 0.3) is 6.08 Å². The SMILES string of the molecule is N#C/C(=C/c1ccc(Sc2ncccn2)c([N+](=O)[O-])c1)C(=O)c1cccc([N+](=O)[O-])c1. The lowest BCUT2D eigenvalue weighted by Crippen LogP contribution is -2.03. The zero-order valence-electron chi connectivity index (χ0n) is 15.5. The van der Waals surface area contributed by atoms with Crippen LogP contribution in [0.3, 0.4) is 0 Å². The lowest BCUT2D eigenvalue weighted by Gasteiger charge is -2.04. The van der Waals surface area contributed by atoms with E-state index in [1.165, 1.54) is 54.9 Å². The number of benzene rings is 2. The van der Waals surface area contributed by atoms with Crippen molar-refractivity contribution in [1.82, 2.24) is 9.97 Å². The summed E-state index contributed by atoms with van der Waals surface area (Å²) in [6.07, 6.45) is 4.22. The van der Waals surface area contributed by atoms with E-state index in [4.69, 9.17) is 0 Å². The van der Waals surface area contributed by atoms with Gasteiger partial charge in [-0.1, -0.05) is 18.2 Å². The molecular formula is C20H11N5O5S. The van der Waals surface area contributed by atoms with Gasteiger partial charge in [-0.05, 0) is 35.5 Å². The van der Waals surface area contributed by atoms with Crippen molar-refractivity contribution in [2.45, 2.75) is 10.1 Å². The molecule has 1 heterocycles. The van der Waals surface area contributed by atoms with Crippen LogP contribution < -0.4 is 0 Å². The summed E-state index contributed by atoms with van der Waals surface area (Å²) in [5, 5.41) is 32.1. The summed E-state index contributed by atoms with van der Waals surface area (Å²) in [6.45, 7) is 0. The van der Waals surface area contributed by atoms with Gasteiger partial charge in [-0.25, -0.2) is 9.97 Å². The van der Waals surface area contributed by atoms with E-state index in [0.717, 1.165) is 17.8 Å². The lowest BCUT2D eigenvalue weighted by molar-refractivity contribution is -0.387. The maximum Gasteiger partial charge on any atom is 0.283 e. The highest BCUT2D eigenvalue weighted by molar-refractivity contribution is 7.99. The Morgan fingerprint density at radius 1 is 1.03 bits per heavy atom. The maximum atomic E-state index is 12.6. The number of hydrogen-bond donors (Lipinski definition) is 0. The van der Waals surface area contributed by atoms with Crippen LogP contribution in [-0.4, -0.2) is 25.6 Å². The number of allylic oxidation sites excluding steroid dienone is 1. The van der Waals surface area contributed by atoms with Crippen LogP contribution in [0.2, 0.25) is 0 Å². The van der Waals surface area contributed by atoms with Crippen molar-refractivity contribution < 1.29 is 14.6 Å². The molecule has 0 N–H and O–H groups in total. The number of non-ortho nitro benzene ring substituents is 1. The molecule has 31 heavy (non-hydrogen) atoms. The number of carbonyl (C=O) groups excluding carboxylic acids is 1. The fourth-order valence-electron chi connectivity index (χ4n) is 2.52. The van der Waals surface area contributed by atoms with Crippen molar-refractivity contribution in [2.75, 3.05) is 0 Å². The predicted octanol–water partition coefficient (Wildman–Crippen LogP) is 4.23. The average molecular weight is 433 g/mol. The Morgan fingerprint density at radius 2 is 1.77 bits per heavy atom. The first-order valence-corrected chi connectivity index (χ1v) is 9.35. The van der Waals surface area contributed by atoms with Gasteiger partial charge in [-0.15, -0.1) is 0 Å². The van der Waals surface area contributed by atoms with E-state index in [1.54, 1.807) is 12.1 Å². The summed E-state index contributed by atoms with van der Waals surface area (Å²) in [6, 6.07) is 12.5. The first-order valence-electron chi connectivity index (χ1n) is 8.53. The minimum Gasteiger partial charge on any atom is -0.288 e. The van der Waals surface area contributed by atoms with E-state index in [2.05, 4.69) is 9.97 Å². The number of rotatable bonds is 7. The van der Waals surface area contributed by atoms with Crippen LogP contribution in [0.4, 0.5) is 11.4 Å². The van der Waals surface area contributed by atoms with E-state index in [9.17, 15) is 30.3 Å². The third-order valence-corrected chi connectivity index (χ3v) is 4.88. The van der Waals surface area contributed by atoms with Crippen LogP contribution in [0.5, 0.6) is 0 Å². The molecule has 0 amide bonds. The monoisotopic (exact) mass is 433 g/mol. The van der Waals surface area contributed by atoms with Gasteiger partial charge in [0.15, 0.2) is 5.16 Å². The zero-order valence-corrected chi connectivity index (χ0v) is 16.4. The summed E-state index contributed by atoms with van der Waals surface area (Å²) < 4.78 is 0. The van der Waals surface area contributed by atoms with E-state index < -0.39 is 15.6 Å². The Morgan fingerprint density at radius 3 is 2.42 bits per heavy atom. The standard InChI is InChI=1S/C20H11N5O5S/c21-12-15(19(26)14-3-1-4-16(11-14)24(27)28)9-13-5-6-18(17(10-13)25(29)30)31-20-22-7-2-8-23-20/h1-11H/b15-9-. The number of ketones is 1. The van der Waals surface area contributed by atoms with E-state index in [1.807, 2.05) is 0 Å². The van der Waals surface area contributed by atoms with Gasteiger partial charge < -0.3 is 0 Å². The largest absolute Gasteiger partial charge is 0.288 e. The Bertz CT molecular complexity index is 1250. The second-order valence-electron chi connectivity index (χ2n) is 5.92. The molecule has 0 aliphatic rings. The predicted molar refractivity (Wildman–Crippen MR) is 110 cm³/mol. The Labute approximate surface area is 179 Å². The highest BCUT2D eigenvalue weighted by atomic mass is 32.2. The molecule has 0 spiro atoms. The van der Waals surface area contributed by atoms with Gasteiger partial charge in [0, 0.05) is 36.2 Å². The summed E-state index contributed by atoms with van der Waals surface area (Å²) in [5.74, 6) is -0.731. The smallest absolute Gasteiger partial charge is 0.283 e.